The first-order valence-corrected chi connectivity index (χ1v) is 9.54. The van der Waals surface area contributed by atoms with Gasteiger partial charge in [-0.1, -0.05) is 0 Å². The summed E-state index contributed by atoms with van der Waals surface area (Å²) in [5.74, 6) is 0.186. The Labute approximate surface area is 137 Å². The van der Waals surface area contributed by atoms with Crippen LogP contribution in [0.5, 0.6) is 0 Å². The van der Waals surface area contributed by atoms with Crippen LogP contribution in [0.15, 0.2) is 18.3 Å². The van der Waals surface area contributed by atoms with Gasteiger partial charge in [-0.2, -0.15) is 0 Å². The van der Waals surface area contributed by atoms with E-state index in [0.29, 0.717) is 18.7 Å². The van der Waals surface area contributed by atoms with Crippen LogP contribution < -0.4 is 10.6 Å². The van der Waals surface area contributed by atoms with Crippen molar-refractivity contribution in [1.29, 1.82) is 0 Å². The fourth-order valence-corrected chi connectivity index (χ4v) is 4.12. The van der Waals surface area contributed by atoms with Gasteiger partial charge in [-0.3, -0.25) is 4.79 Å². The molecule has 1 aromatic rings. The van der Waals surface area contributed by atoms with Crippen molar-refractivity contribution in [2.24, 2.45) is 0 Å². The number of anilines is 1. The van der Waals surface area contributed by atoms with Crippen molar-refractivity contribution < 1.29 is 13.2 Å². The van der Waals surface area contributed by atoms with E-state index in [0.717, 1.165) is 18.7 Å². The molecule has 128 valence electrons. The summed E-state index contributed by atoms with van der Waals surface area (Å²) in [4.78, 5) is 18.1. The highest BCUT2D eigenvalue weighted by atomic mass is 32.2. The Hall–Kier alpha value is -1.67. The maximum absolute atomic E-state index is 11.9. The second kappa shape index (κ2) is 7.74. The molecule has 0 aliphatic carbocycles. The Bertz CT molecular complexity index is 629. The van der Waals surface area contributed by atoms with Crippen LogP contribution in [0, 0.1) is 0 Å². The van der Waals surface area contributed by atoms with E-state index in [4.69, 9.17) is 0 Å². The lowest BCUT2D eigenvalue weighted by Gasteiger charge is -2.12. The van der Waals surface area contributed by atoms with E-state index in [-0.39, 0.29) is 23.5 Å². The van der Waals surface area contributed by atoms with Gasteiger partial charge in [-0.05, 0) is 45.6 Å². The average molecular weight is 340 g/mol. The van der Waals surface area contributed by atoms with Gasteiger partial charge >= 0.3 is 0 Å². The standard InChI is InChI=1S/C15H24N4O3S/c1-19(2)8-3-7-16-15(20)14-5-4-12(10-17-14)18-13-6-9-23(21,22)11-13/h4-5,10,13,18H,3,6-9,11H2,1-2H3,(H,16,20). The van der Waals surface area contributed by atoms with E-state index >= 15 is 0 Å². The molecule has 0 spiro atoms. The molecule has 2 rings (SSSR count). The van der Waals surface area contributed by atoms with E-state index in [1.165, 1.54) is 0 Å². The lowest BCUT2D eigenvalue weighted by Crippen LogP contribution is -2.27. The molecule has 0 radical (unpaired) electrons. The highest BCUT2D eigenvalue weighted by Crippen LogP contribution is 2.17. The number of nitrogens with zero attached hydrogens (tertiary/aromatic N) is 2. The number of carbonyl (C=O) groups is 1. The molecule has 1 aliphatic heterocycles. The van der Waals surface area contributed by atoms with Crippen molar-refractivity contribution in [3.05, 3.63) is 24.0 Å². The summed E-state index contributed by atoms with van der Waals surface area (Å²) in [6.45, 7) is 1.53. The van der Waals surface area contributed by atoms with E-state index < -0.39 is 9.84 Å². The summed E-state index contributed by atoms with van der Waals surface area (Å²) in [5.41, 5.74) is 1.09. The van der Waals surface area contributed by atoms with Crippen molar-refractivity contribution in [3.8, 4) is 0 Å². The molecule has 1 aliphatic rings. The minimum absolute atomic E-state index is 0.0764. The predicted octanol–water partition coefficient (Wildman–Crippen LogP) is 0.362. The molecule has 2 N–H and O–H groups in total. The van der Waals surface area contributed by atoms with Crippen LogP contribution in [0.3, 0.4) is 0 Å². The normalized spacial score (nSPS) is 19.7. The van der Waals surface area contributed by atoms with Gasteiger partial charge in [-0.15, -0.1) is 0 Å². The fraction of sp³-hybridized carbons (Fsp3) is 0.600. The Morgan fingerprint density at radius 3 is 2.74 bits per heavy atom. The number of hydrogen-bond acceptors (Lipinski definition) is 6. The van der Waals surface area contributed by atoms with Crippen LogP contribution in [0.25, 0.3) is 0 Å². The molecular formula is C15H24N4O3S. The van der Waals surface area contributed by atoms with Crippen LogP contribution in [0.2, 0.25) is 0 Å². The van der Waals surface area contributed by atoms with E-state index in [1.54, 1.807) is 18.3 Å². The number of sulfone groups is 1. The molecule has 1 saturated heterocycles. The maximum Gasteiger partial charge on any atom is 0.269 e. The Morgan fingerprint density at radius 1 is 1.39 bits per heavy atom. The van der Waals surface area contributed by atoms with Crippen LogP contribution in [0.4, 0.5) is 5.69 Å². The topological polar surface area (TPSA) is 91.4 Å². The van der Waals surface area contributed by atoms with Crippen molar-refractivity contribution >= 4 is 21.4 Å². The van der Waals surface area contributed by atoms with Crippen LogP contribution in [0.1, 0.15) is 23.3 Å². The molecule has 1 unspecified atom stereocenters. The van der Waals surface area contributed by atoms with E-state index in [1.807, 2.05) is 14.1 Å². The van der Waals surface area contributed by atoms with E-state index in [9.17, 15) is 13.2 Å². The second-order valence-corrected chi connectivity index (χ2v) is 8.32. The number of nitrogens with one attached hydrogen (secondary N) is 2. The van der Waals surface area contributed by atoms with Gasteiger partial charge in [0.1, 0.15) is 5.69 Å². The molecule has 0 bridgehead atoms. The number of rotatable bonds is 7. The summed E-state index contributed by atoms with van der Waals surface area (Å²) < 4.78 is 22.9. The van der Waals surface area contributed by atoms with Crippen molar-refractivity contribution in [2.75, 3.05) is 44.0 Å². The van der Waals surface area contributed by atoms with Crippen LogP contribution >= 0.6 is 0 Å². The lowest BCUT2D eigenvalue weighted by atomic mass is 10.2. The molecule has 1 atom stereocenters. The number of pyridine rings is 1. The summed E-state index contributed by atoms with van der Waals surface area (Å²) >= 11 is 0. The molecule has 1 aromatic heterocycles. The van der Waals surface area contributed by atoms with Gasteiger partial charge in [0.25, 0.3) is 5.91 Å². The Kier molecular flexibility index (Phi) is 5.95. The lowest BCUT2D eigenvalue weighted by molar-refractivity contribution is 0.0947. The van der Waals surface area contributed by atoms with Crippen molar-refractivity contribution in [1.82, 2.24) is 15.2 Å². The highest BCUT2D eigenvalue weighted by Gasteiger charge is 2.27. The number of carbonyl (C=O) groups excluding carboxylic acids is 1. The number of hydrogen-bond donors (Lipinski definition) is 2. The van der Waals surface area contributed by atoms with Gasteiger partial charge in [0.2, 0.25) is 0 Å². The first-order valence-electron chi connectivity index (χ1n) is 7.72. The van der Waals surface area contributed by atoms with Gasteiger partial charge in [-0.25, -0.2) is 13.4 Å². The summed E-state index contributed by atoms with van der Waals surface area (Å²) in [5, 5.41) is 5.98. The van der Waals surface area contributed by atoms with Gasteiger partial charge < -0.3 is 15.5 Å². The molecular weight excluding hydrogens is 316 g/mol. The fourth-order valence-electron chi connectivity index (χ4n) is 2.45. The largest absolute Gasteiger partial charge is 0.380 e. The van der Waals surface area contributed by atoms with Crippen LogP contribution in [-0.2, 0) is 9.84 Å². The molecule has 23 heavy (non-hydrogen) atoms. The maximum atomic E-state index is 11.9. The Balaban J connectivity index is 1.81. The summed E-state index contributed by atoms with van der Waals surface area (Å²) in [7, 11) is 1.07. The van der Waals surface area contributed by atoms with Gasteiger partial charge in [0.05, 0.1) is 23.4 Å². The number of amides is 1. The SMILES string of the molecule is CN(C)CCCNC(=O)c1ccc(NC2CCS(=O)(=O)C2)cn1. The molecule has 0 aromatic carbocycles. The smallest absolute Gasteiger partial charge is 0.269 e. The third-order valence-electron chi connectivity index (χ3n) is 3.67. The van der Waals surface area contributed by atoms with E-state index in [2.05, 4.69) is 20.5 Å². The van der Waals surface area contributed by atoms with Gasteiger partial charge in [0.15, 0.2) is 9.84 Å². The minimum atomic E-state index is -2.91. The molecule has 2 heterocycles. The molecule has 7 nitrogen and oxygen atoms in total. The zero-order chi connectivity index (χ0) is 16.9. The van der Waals surface area contributed by atoms with Crippen molar-refractivity contribution in [2.45, 2.75) is 18.9 Å². The quantitative estimate of drug-likeness (QED) is 0.697. The first kappa shape index (κ1) is 17.7. The second-order valence-electron chi connectivity index (χ2n) is 6.09. The predicted molar refractivity (Wildman–Crippen MR) is 90.4 cm³/mol. The highest BCUT2D eigenvalue weighted by molar-refractivity contribution is 7.91. The summed E-state index contributed by atoms with van der Waals surface area (Å²) in [6, 6.07) is 3.33. The molecule has 8 heteroatoms. The number of aromatic nitrogens is 1. The Morgan fingerprint density at radius 2 is 2.17 bits per heavy atom. The monoisotopic (exact) mass is 340 g/mol. The van der Waals surface area contributed by atoms with Gasteiger partial charge in [0, 0.05) is 12.6 Å². The third kappa shape index (κ3) is 5.80. The molecule has 0 saturated carbocycles. The third-order valence-corrected chi connectivity index (χ3v) is 5.43. The summed E-state index contributed by atoms with van der Waals surface area (Å²) in [6.07, 6.45) is 3.06. The van der Waals surface area contributed by atoms with Crippen LogP contribution in [-0.4, -0.2) is 68.9 Å². The zero-order valence-electron chi connectivity index (χ0n) is 13.6. The first-order chi connectivity index (χ1) is 10.9. The molecule has 1 fully saturated rings. The minimum Gasteiger partial charge on any atom is -0.380 e. The zero-order valence-corrected chi connectivity index (χ0v) is 14.4. The molecule has 1 amide bonds. The average Bonchev–Trinajstić information content (AvgIpc) is 2.83. The van der Waals surface area contributed by atoms with Crippen molar-refractivity contribution in [3.63, 3.8) is 0 Å².